The zero-order chi connectivity index (χ0) is 13.1. The Morgan fingerprint density at radius 2 is 2.28 bits per heavy atom. The molecule has 0 saturated heterocycles. The standard InChI is InChI=1S/C13H15ClN2OS/c1-8-6-16-13(18-8)9(2)15-7-10-4-3-5-11(14)12(10)17/h3-6,9,15,17H,7H2,1-2H3. The van der Waals surface area contributed by atoms with Gasteiger partial charge in [0, 0.05) is 23.2 Å². The fourth-order valence-electron chi connectivity index (χ4n) is 1.63. The number of phenols is 1. The van der Waals surface area contributed by atoms with Crippen LogP contribution in [0.1, 0.15) is 28.4 Å². The number of nitrogens with zero attached hydrogens (tertiary/aromatic N) is 1. The van der Waals surface area contributed by atoms with Gasteiger partial charge in [-0.25, -0.2) is 4.98 Å². The average molecular weight is 283 g/mol. The first-order chi connectivity index (χ1) is 8.58. The molecule has 18 heavy (non-hydrogen) atoms. The topological polar surface area (TPSA) is 45.2 Å². The smallest absolute Gasteiger partial charge is 0.138 e. The summed E-state index contributed by atoms with van der Waals surface area (Å²) in [6, 6.07) is 5.52. The first-order valence-electron chi connectivity index (χ1n) is 5.70. The molecule has 0 aliphatic rings. The summed E-state index contributed by atoms with van der Waals surface area (Å²) in [6.45, 7) is 4.66. The van der Waals surface area contributed by atoms with E-state index in [1.807, 2.05) is 25.3 Å². The van der Waals surface area contributed by atoms with Gasteiger partial charge in [-0.2, -0.15) is 0 Å². The average Bonchev–Trinajstić information content (AvgIpc) is 2.77. The van der Waals surface area contributed by atoms with Crippen LogP contribution in [0.2, 0.25) is 5.02 Å². The van der Waals surface area contributed by atoms with Crippen molar-refractivity contribution < 1.29 is 5.11 Å². The number of para-hydroxylation sites is 1. The van der Waals surface area contributed by atoms with E-state index in [1.54, 1.807) is 17.4 Å². The van der Waals surface area contributed by atoms with E-state index in [4.69, 9.17) is 11.6 Å². The molecule has 0 aliphatic heterocycles. The Kier molecular flexibility index (Phi) is 4.22. The number of aromatic hydroxyl groups is 1. The molecule has 0 fully saturated rings. The number of hydrogen-bond acceptors (Lipinski definition) is 4. The molecule has 1 atom stereocenters. The van der Waals surface area contributed by atoms with Crippen molar-refractivity contribution in [2.75, 3.05) is 0 Å². The Hall–Kier alpha value is -1.10. The van der Waals surface area contributed by atoms with Gasteiger partial charge < -0.3 is 10.4 Å². The van der Waals surface area contributed by atoms with Crippen LogP contribution in [0.15, 0.2) is 24.4 Å². The van der Waals surface area contributed by atoms with Gasteiger partial charge in [0.2, 0.25) is 0 Å². The molecule has 2 rings (SSSR count). The van der Waals surface area contributed by atoms with Crippen LogP contribution in [0, 0.1) is 6.92 Å². The van der Waals surface area contributed by atoms with Gasteiger partial charge in [-0.15, -0.1) is 11.3 Å². The fourth-order valence-corrected chi connectivity index (χ4v) is 2.62. The van der Waals surface area contributed by atoms with Crippen molar-refractivity contribution in [1.29, 1.82) is 0 Å². The van der Waals surface area contributed by atoms with Crippen LogP contribution in [0.5, 0.6) is 5.75 Å². The van der Waals surface area contributed by atoms with Gasteiger partial charge >= 0.3 is 0 Å². The lowest BCUT2D eigenvalue weighted by molar-refractivity contribution is 0.460. The number of aryl methyl sites for hydroxylation is 1. The summed E-state index contributed by atoms with van der Waals surface area (Å²) in [7, 11) is 0. The normalized spacial score (nSPS) is 12.6. The predicted octanol–water partition coefficient (Wildman–Crippen LogP) is 3.66. The van der Waals surface area contributed by atoms with Crippen molar-refractivity contribution in [2.24, 2.45) is 0 Å². The van der Waals surface area contributed by atoms with Crippen LogP contribution in [-0.2, 0) is 6.54 Å². The summed E-state index contributed by atoms with van der Waals surface area (Å²) >= 11 is 7.54. The largest absolute Gasteiger partial charge is 0.506 e. The maximum atomic E-state index is 9.80. The number of halogens is 1. The molecule has 96 valence electrons. The van der Waals surface area contributed by atoms with Gasteiger partial charge in [0.25, 0.3) is 0 Å². The molecule has 0 radical (unpaired) electrons. The van der Waals surface area contributed by atoms with Crippen LogP contribution < -0.4 is 5.32 Å². The van der Waals surface area contributed by atoms with Gasteiger partial charge in [-0.1, -0.05) is 23.7 Å². The summed E-state index contributed by atoms with van der Waals surface area (Å²) in [6.07, 6.45) is 1.87. The SMILES string of the molecule is Cc1cnc(C(C)NCc2cccc(Cl)c2O)s1. The Labute approximate surface area is 115 Å². The summed E-state index contributed by atoms with van der Waals surface area (Å²) in [5.41, 5.74) is 0.794. The lowest BCUT2D eigenvalue weighted by Gasteiger charge is -2.12. The molecule has 0 aliphatic carbocycles. The molecule has 0 spiro atoms. The first kappa shape index (κ1) is 13.3. The number of thiazole rings is 1. The van der Waals surface area contributed by atoms with Crippen molar-refractivity contribution in [2.45, 2.75) is 26.4 Å². The third-order valence-corrected chi connectivity index (χ3v) is 4.08. The molecule has 2 N–H and O–H groups in total. The first-order valence-corrected chi connectivity index (χ1v) is 6.89. The Morgan fingerprint density at radius 3 is 2.94 bits per heavy atom. The quantitative estimate of drug-likeness (QED) is 0.899. The summed E-state index contributed by atoms with van der Waals surface area (Å²) in [5.74, 6) is 0.147. The summed E-state index contributed by atoms with van der Waals surface area (Å²) < 4.78 is 0. The third kappa shape index (κ3) is 3.02. The Bertz CT molecular complexity index is 542. The van der Waals surface area contributed by atoms with E-state index in [-0.39, 0.29) is 11.8 Å². The van der Waals surface area contributed by atoms with Gasteiger partial charge in [-0.05, 0) is 19.9 Å². The summed E-state index contributed by atoms with van der Waals surface area (Å²) in [4.78, 5) is 5.53. The molecule has 1 unspecified atom stereocenters. The monoisotopic (exact) mass is 282 g/mol. The maximum Gasteiger partial charge on any atom is 0.138 e. The highest BCUT2D eigenvalue weighted by Gasteiger charge is 2.10. The minimum Gasteiger partial charge on any atom is -0.506 e. The molecule has 1 aromatic carbocycles. The number of aromatic nitrogens is 1. The van der Waals surface area contributed by atoms with E-state index in [1.165, 1.54) is 4.88 Å². The number of phenolic OH excluding ortho intramolecular Hbond substituents is 1. The fraction of sp³-hybridized carbons (Fsp3) is 0.308. The lowest BCUT2D eigenvalue weighted by Crippen LogP contribution is -2.17. The molecule has 1 heterocycles. The van der Waals surface area contributed by atoms with E-state index in [2.05, 4.69) is 17.2 Å². The lowest BCUT2D eigenvalue weighted by atomic mass is 10.2. The zero-order valence-electron chi connectivity index (χ0n) is 10.3. The Balaban J connectivity index is 2.01. The van der Waals surface area contributed by atoms with Crippen LogP contribution in [-0.4, -0.2) is 10.1 Å². The second-order valence-corrected chi connectivity index (χ2v) is 5.83. The molecule has 0 bridgehead atoms. The van der Waals surface area contributed by atoms with E-state index >= 15 is 0 Å². The van der Waals surface area contributed by atoms with Gasteiger partial charge in [0.05, 0.1) is 11.1 Å². The van der Waals surface area contributed by atoms with E-state index in [0.717, 1.165) is 10.6 Å². The highest BCUT2D eigenvalue weighted by molar-refractivity contribution is 7.11. The molecular weight excluding hydrogens is 268 g/mol. The second-order valence-electron chi connectivity index (χ2n) is 4.16. The van der Waals surface area contributed by atoms with Crippen molar-refractivity contribution in [3.8, 4) is 5.75 Å². The molecule has 2 aromatic rings. The van der Waals surface area contributed by atoms with Crippen molar-refractivity contribution >= 4 is 22.9 Å². The van der Waals surface area contributed by atoms with Crippen LogP contribution in [0.25, 0.3) is 0 Å². The second kappa shape index (κ2) is 5.69. The molecule has 0 amide bonds. The van der Waals surface area contributed by atoms with Gasteiger partial charge in [0.15, 0.2) is 0 Å². The van der Waals surface area contributed by atoms with Gasteiger partial charge in [0.1, 0.15) is 10.8 Å². The summed E-state index contributed by atoms with van der Waals surface area (Å²) in [5, 5.41) is 14.6. The minimum absolute atomic E-state index is 0.147. The highest BCUT2D eigenvalue weighted by atomic mass is 35.5. The number of hydrogen-bond donors (Lipinski definition) is 2. The van der Waals surface area contributed by atoms with Crippen LogP contribution >= 0.6 is 22.9 Å². The third-order valence-electron chi connectivity index (χ3n) is 2.68. The van der Waals surface area contributed by atoms with E-state index in [0.29, 0.717) is 11.6 Å². The molecule has 5 heteroatoms. The predicted molar refractivity (Wildman–Crippen MR) is 75.2 cm³/mol. The number of rotatable bonds is 4. The number of benzene rings is 1. The van der Waals surface area contributed by atoms with Crippen LogP contribution in [0.4, 0.5) is 0 Å². The molecule has 0 saturated carbocycles. The maximum absolute atomic E-state index is 9.80. The van der Waals surface area contributed by atoms with Crippen molar-refractivity contribution in [3.05, 3.63) is 44.9 Å². The molecule has 3 nitrogen and oxygen atoms in total. The highest BCUT2D eigenvalue weighted by Crippen LogP contribution is 2.27. The molecule has 1 aromatic heterocycles. The van der Waals surface area contributed by atoms with E-state index < -0.39 is 0 Å². The zero-order valence-corrected chi connectivity index (χ0v) is 11.8. The van der Waals surface area contributed by atoms with Gasteiger partial charge in [-0.3, -0.25) is 0 Å². The van der Waals surface area contributed by atoms with Crippen molar-refractivity contribution in [3.63, 3.8) is 0 Å². The number of nitrogens with one attached hydrogen (secondary N) is 1. The Morgan fingerprint density at radius 1 is 1.50 bits per heavy atom. The molecular formula is C13H15ClN2OS. The van der Waals surface area contributed by atoms with E-state index in [9.17, 15) is 5.11 Å². The van der Waals surface area contributed by atoms with Crippen LogP contribution in [0.3, 0.4) is 0 Å². The minimum atomic E-state index is 0.147. The van der Waals surface area contributed by atoms with Crippen molar-refractivity contribution in [1.82, 2.24) is 10.3 Å².